The Balaban J connectivity index is 1.58. The van der Waals surface area contributed by atoms with Gasteiger partial charge in [0.15, 0.2) is 0 Å². The van der Waals surface area contributed by atoms with Gasteiger partial charge in [-0.05, 0) is 49.1 Å². The number of nitrogens with zero attached hydrogens (tertiary/aromatic N) is 3. The largest absolute Gasteiger partial charge is 0.517 e. The van der Waals surface area contributed by atoms with Crippen molar-refractivity contribution in [3.8, 4) is 17.0 Å². The van der Waals surface area contributed by atoms with E-state index in [1.165, 1.54) is 7.05 Å². The van der Waals surface area contributed by atoms with Crippen LogP contribution in [0.5, 0.6) is 5.75 Å². The van der Waals surface area contributed by atoms with Gasteiger partial charge < -0.3 is 19.9 Å². The van der Waals surface area contributed by atoms with Crippen LogP contribution in [0.25, 0.3) is 11.3 Å². The highest BCUT2D eigenvalue weighted by molar-refractivity contribution is 5.92. The highest BCUT2D eigenvalue weighted by Crippen LogP contribution is 2.24. The number of anilines is 1. The van der Waals surface area contributed by atoms with Crippen LogP contribution in [0, 0.1) is 5.92 Å². The van der Waals surface area contributed by atoms with Crippen LogP contribution in [0.4, 0.5) is 15.4 Å². The molecule has 0 saturated heterocycles. The Hall–Kier alpha value is -3.98. The summed E-state index contributed by atoms with van der Waals surface area (Å²) in [5.74, 6) is 1.37. The van der Waals surface area contributed by atoms with Crippen LogP contribution in [-0.4, -0.2) is 41.4 Å². The van der Waals surface area contributed by atoms with Crippen LogP contribution in [0.3, 0.4) is 0 Å². The summed E-state index contributed by atoms with van der Waals surface area (Å²) in [6, 6.07) is 16.1. The van der Waals surface area contributed by atoms with E-state index in [9.17, 15) is 9.59 Å². The quantitative estimate of drug-likeness (QED) is 0.320. The Morgan fingerprint density at radius 1 is 1.08 bits per heavy atom. The van der Waals surface area contributed by atoms with Gasteiger partial charge in [0.25, 0.3) is 0 Å². The summed E-state index contributed by atoms with van der Waals surface area (Å²) in [7, 11) is 1.45. The van der Waals surface area contributed by atoms with E-state index in [0.717, 1.165) is 22.4 Å². The summed E-state index contributed by atoms with van der Waals surface area (Å²) >= 11 is 0. The molecule has 0 radical (unpaired) electrons. The van der Waals surface area contributed by atoms with E-state index in [4.69, 9.17) is 19.9 Å². The molecule has 2 aromatic heterocycles. The normalized spacial score (nSPS) is 12.5. The lowest BCUT2D eigenvalue weighted by molar-refractivity contribution is 0.0722. The molecule has 1 amide bonds. The van der Waals surface area contributed by atoms with E-state index in [2.05, 4.69) is 23.8 Å². The summed E-state index contributed by atoms with van der Waals surface area (Å²) in [4.78, 5) is 34.1. The highest BCUT2D eigenvalue weighted by atomic mass is 16.7. The minimum Gasteiger partial charge on any atom is -0.490 e. The summed E-state index contributed by atoms with van der Waals surface area (Å²) in [5.41, 5.74) is 8.04. The molecule has 9 nitrogen and oxygen atoms in total. The zero-order chi connectivity index (χ0) is 26.1. The van der Waals surface area contributed by atoms with Gasteiger partial charge in [-0.1, -0.05) is 44.2 Å². The number of rotatable bonds is 9. The van der Waals surface area contributed by atoms with Gasteiger partial charge in [0.2, 0.25) is 0 Å². The third-order valence-corrected chi connectivity index (χ3v) is 5.21. The number of nitrogens with two attached hydrogens (primary N) is 1. The Bertz CT molecular complexity index is 1150. The Morgan fingerprint density at radius 3 is 2.50 bits per heavy atom. The maximum Gasteiger partial charge on any atom is 0.517 e. The third-order valence-electron chi connectivity index (χ3n) is 5.21. The topological polar surface area (TPSA) is 117 Å². The number of benzene rings is 1. The van der Waals surface area contributed by atoms with Gasteiger partial charge in [-0.15, -0.1) is 0 Å². The number of carbonyl (C=O) groups is 2. The fourth-order valence-electron chi connectivity index (χ4n) is 3.62. The number of hydrogen-bond donors (Lipinski definition) is 1. The molecule has 0 aliphatic rings. The van der Waals surface area contributed by atoms with Crippen molar-refractivity contribution in [3.05, 3.63) is 72.6 Å². The highest BCUT2D eigenvalue weighted by Gasteiger charge is 2.22. The number of ether oxygens (including phenoxy) is 3. The first-order valence-electron chi connectivity index (χ1n) is 11.6. The molecule has 1 unspecified atom stereocenters. The summed E-state index contributed by atoms with van der Waals surface area (Å²) in [6.07, 6.45) is 2.01. The van der Waals surface area contributed by atoms with Crippen LogP contribution in [0.2, 0.25) is 0 Å². The molecule has 0 saturated carbocycles. The molecule has 0 bridgehead atoms. The molecule has 0 fully saturated rings. The van der Waals surface area contributed by atoms with E-state index < -0.39 is 17.8 Å². The number of hydrogen-bond acceptors (Lipinski definition) is 8. The summed E-state index contributed by atoms with van der Waals surface area (Å²) in [6.45, 7) is 6.60. The van der Waals surface area contributed by atoms with Gasteiger partial charge in [0.05, 0.1) is 11.9 Å². The SMILES string of the molecule is CC(C)CC(C)(N)COc1ccc(-c2ccnc(N(C)C(=O)OC(=O)OCc3ccccc3)c2)nc1. The van der Waals surface area contributed by atoms with Crippen LogP contribution in [0.15, 0.2) is 67.0 Å². The lowest BCUT2D eigenvalue weighted by atomic mass is 9.93. The Labute approximate surface area is 211 Å². The standard InChI is InChI=1S/C27H32N4O5/c1-19(2)15-27(3,28)18-35-22-10-11-23(30-16-22)21-12-13-29-24(14-21)31(4)25(32)36-26(33)34-17-20-8-6-5-7-9-20/h5-14,16,19H,15,17-18,28H2,1-4H3. The van der Waals surface area contributed by atoms with Crippen molar-refractivity contribution in [1.29, 1.82) is 0 Å². The average Bonchev–Trinajstić information content (AvgIpc) is 2.86. The van der Waals surface area contributed by atoms with Crippen molar-refractivity contribution in [3.63, 3.8) is 0 Å². The van der Waals surface area contributed by atoms with Crippen LogP contribution in [-0.2, 0) is 16.1 Å². The van der Waals surface area contributed by atoms with Crippen molar-refractivity contribution >= 4 is 18.1 Å². The number of pyridine rings is 2. The van der Waals surface area contributed by atoms with Gasteiger partial charge in [-0.2, -0.15) is 0 Å². The van der Waals surface area contributed by atoms with Crippen LogP contribution in [0.1, 0.15) is 32.8 Å². The zero-order valence-corrected chi connectivity index (χ0v) is 21.0. The molecule has 0 aliphatic heterocycles. The molecule has 2 heterocycles. The second-order valence-corrected chi connectivity index (χ2v) is 9.27. The molecule has 0 aliphatic carbocycles. The molecule has 36 heavy (non-hydrogen) atoms. The van der Waals surface area contributed by atoms with Crippen molar-refractivity contribution in [2.75, 3.05) is 18.6 Å². The van der Waals surface area contributed by atoms with Crippen molar-refractivity contribution in [2.45, 2.75) is 39.3 Å². The minimum absolute atomic E-state index is 0.00196. The minimum atomic E-state index is -1.09. The fraction of sp³-hybridized carbons (Fsp3) is 0.333. The van der Waals surface area contributed by atoms with E-state index in [1.54, 1.807) is 36.7 Å². The first-order valence-corrected chi connectivity index (χ1v) is 11.6. The predicted molar refractivity (Wildman–Crippen MR) is 137 cm³/mol. The Morgan fingerprint density at radius 2 is 1.83 bits per heavy atom. The molecule has 2 N–H and O–H groups in total. The summed E-state index contributed by atoms with van der Waals surface area (Å²) < 4.78 is 15.6. The second-order valence-electron chi connectivity index (χ2n) is 9.27. The van der Waals surface area contributed by atoms with Crippen molar-refractivity contribution < 1.29 is 23.8 Å². The molecule has 0 spiro atoms. The lowest BCUT2D eigenvalue weighted by Crippen LogP contribution is -2.43. The van der Waals surface area contributed by atoms with Gasteiger partial charge in [0, 0.05) is 24.3 Å². The van der Waals surface area contributed by atoms with E-state index in [1.807, 2.05) is 37.3 Å². The van der Waals surface area contributed by atoms with Gasteiger partial charge in [-0.3, -0.25) is 9.88 Å². The van der Waals surface area contributed by atoms with Gasteiger partial charge in [0.1, 0.15) is 24.8 Å². The van der Waals surface area contributed by atoms with Crippen molar-refractivity contribution in [1.82, 2.24) is 9.97 Å². The predicted octanol–water partition coefficient (Wildman–Crippen LogP) is 5.20. The van der Waals surface area contributed by atoms with E-state index in [0.29, 0.717) is 24.0 Å². The molecule has 3 rings (SSSR count). The number of aromatic nitrogens is 2. The van der Waals surface area contributed by atoms with Crippen LogP contribution >= 0.6 is 0 Å². The lowest BCUT2D eigenvalue weighted by Gasteiger charge is -2.26. The number of amides is 1. The number of carbonyl (C=O) groups excluding carboxylic acids is 2. The van der Waals surface area contributed by atoms with Crippen molar-refractivity contribution in [2.24, 2.45) is 11.7 Å². The first kappa shape index (κ1) is 26.6. The molecule has 1 aromatic carbocycles. The average molecular weight is 493 g/mol. The van der Waals surface area contributed by atoms with Gasteiger partial charge in [-0.25, -0.2) is 14.6 Å². The smallest absolute Gasteiger partial charge is 0.490 e. The zero-order valence-electron chi connectivity index (χ0n) is 21.0. The monoisotopic (exact) mass is 492 g/mol. The molecule has 190 valence electrons. The molecular weight excluding hydrogens is 460 g/mol. The van der Waals surface area contributed by atoms with Gasteiger partial charge >= 0.3 is 12.2 Å². The maximum absolute atomic E-state index is 12.4. The molecular formula is C27H32N4O5. The first-order chi connectivity index (χ1) is 17.1. The maximum atomic E-state index is 12.4. The summed E-state index contributed by atoms with van der Waals surface area (Å²) in [5, 5.41) is 0. The molecule has 1 atom stereocenters. The third kappa shape index (κ3) is 8.06. The Kier molecular flexibility index (Phi) is 8.97. The fourth-order valence-corrected chi connectivity index (χ4v) is 3.62. The second kappa shape index (κ2) is 12.1. The van der Waals surface area contributed by atoms with E-state index in [-0.39, 0.29) is 12.4 Å². The van der Waals surface area contributed by atoms with E-state index >= 15 is 0 Å². The van der Waals surface area contributed by atoms with Crippen LogP contribution < -0.4 is 15.4 Å². The molecule has 3 aromatic rings. The molecule has 9 heteroatoms.